The molecule has 0 aliphatic carbocycles. The van der Waals surface area contributed by atoms with Crippen LogP contribution in [-0.2, 0) is 13.5 Å². The number of anilines is 1. The van der Waals surface area contributed by atoms with Gasteiger partial charge in [-0.2, -0.15) is 0 Å². The minimum Gasteiger partial charge on any atom is -0.323 e. The summed E-state index contributed by atoms with van der Waals surface area (Å²) in [7, 11) is 5.65. The average Bonchev–Trinajstić information content (AvgIpc) is 2.61. The van der Waals surface area contributed by atoms with Crippen LogP contribution in [0.3, 0.4) is 0 Å². The third-order valence-corrected chi connectivity index (χ3v) is 4.18. The lowest BCUT2D eigenvalue weighted by molar-refractivity contribution is 0.204. The van der Waals surface area contributed by atoms with E-state index in [0.717, 1.165) is 19.4 Å². The Labute approximate surface area is 155 Å². The number of amides is 2. The summed E-state index contributed by atoms with van der Waals surface area (Å²) >= 11 is 0. The Kier molecular flexibility index (Phi) is 7.41. The van der Waals surface area contributed by atoms with Crippen molar-refractivity contribution in [1.29, 1.82) is 0 Å². The Hall–Kier alpha value is -2.60. The zero-order chi connectivity index (χ0) is 18.9. The van der Waals surface area contributed by atoms with Gasteiger partial charge in [-0.1, -0.05) is 30.3 Å². The molecule has 0 aliphatic heterocycles. The SMILES string of the molecule is CN(C)CCN(CCCc1ccccc1)C(=O)Nc1ccc(=O)n(C)c1. The van der Waals surface area contributed by atoms with Crippen molar-refractivity contribution in [3.63, 3.8) is 0 Å². The number of aromatic nitrogens is 1. The number of pyridine rings is 1. The Morgan fingerprint density at radius 3 is 2.42 bits per heavy atom. The standard InChI is InChI=1S/C20H28N4O2/c1-22(2)14-15-24(13-7-10-17-8-5-4-6-9-17)20(26)21-18-11-12-19(25)23(3)16-18/h4-6,8-9,11-12,16H,7,10,13-15H2,1-3H3,(H,21,26). The lowest BCUT2D eigenvalue weighted by Gasteiger charge is -2.25. The lowest BCUT2D eigenvalue weighted by atomic mass is 10.1. The summed E-state index contributed by atoms with van der Waals surface area (Å²) in [6, 6.07) is 13.2. The predicted octanol–water partition coefficient (Wildman–Crippen LogP) is 2.41. The summed E-state index contributed by atoms with van der Waals surface area (Å²) in [6.45, 7) is 2.13. The monoisotopic (exact) mass is 356 g/mol. The molecule has 2 amide bonds. The van der Waals surface area contributed by atoms with Crippen LogP contribution in [0.2, 0.25) is 0 Å². The maximum atomic E-state index is 12.7. The molecule has 0 saturated carbocycles. The van der Waals surface area contributed by atoms with Gasteiger partial charge >= 0.3 is 6.03 Å². The second kappa shape index (κ2) is 9.77. The molecule has 2 rings (SSSR count). The molecule has 0 spiro atoms. The maximum Gasteiger partial charge on any atom is 0.321 e. The topological polar surface area (TPSA) is 57.6 Å². The number of urea groups is 1. The zero-order valence-corrected chi connectivity index (χ0v) is 15.8. The van der Waals surface area contributed by atoms with E-state index in [0.29, 0.717) is 18.8 Å². The van der Waals surface area contributed by atoms with Crippen molar-refractivity contribution >= 4 is 11.7 Å². The molecule has 6 nitrogen and oxygen atoms in total. The molecular weight excluding hydrogens is 328 g/mol. The minimum absolute atomic E-state index is 0.102. The molecule has 0 bridgehead atoms. The quantitative estimate of drug-likeness (QED) is 0.790. The first kappa shape index (κ1) is 19.7. The summed E-state index contributed by atoms with van der Waals surface area (Å²) in [5.74, 6) is 0. The number of rotatable bonds is 8. The summed E-state index contributed by atoms with van der Waals surface area (Å²) in [5.41, 5.74) is 1.80. The fraction of sp³-hybridized carbons (Fsp3) is 0.400. The third kappa shape index (κ3) is 6.37. The van der Waals surface area contributed by atoms with Gasteiger partial charge in [-0.05, 0) is 38.6 Å². The van der Waals surface area contributed by atoms with Crippen LogP contribution in [0.25, 0.3) is 0 Å². The number of carbonyl (C=O) groups excluding carboxylic acids is 1. The Morgan fingerprint density at radius 1 is 1.04 bits per heavy atom. The largest absolute Gasteiger partial charge is 0.323 e. The smallest absolute Gasteiger partial charge is 0.321 e. The van der Waals surface area contributed by atoms with Gasteiger partial charge in [0.2, 0.25) is 5.56 Å². The van der Waals surface area contributed by atoms with Gasteiger partial charge in [0, 0.05) is 38.9 Å². The Morgan fingerprint density at radius 2 is 1.77 bits per heavy atom. The highest BCUT2D eigenvalue weighted by Gasteiger charge is 2.14. The number of benzene rings is 1. The number of nitrogens with zero attached hydrogens (tertiary/aromatic N) is 3. The Bertz CT molecular complexity index is 756. The average molecular weight is 356 g/mol. The van der Waals surface area contributed by atoms with Crippen molar-refractivity contribution in [1.82, 2.24) is 14.4 Å². The van der Waals surface area contributed by atoms with Crippen LogP contribution in [0.1, 0.15) is 12.0 Å². The van der Waals surface area contributed by atoms with Gasteiger partial charge in [0.1, 0.15) is 0 Å². The fourth-order valence-corrected chi connectivity index (χ4v) is 2.62. The van der Waals surface area contributed by atoms with E-state index in [4.69, 9.17) is 0 Å². The molecule has 0 aliphatic rings. The molecule has 1 N–H and O–H groups in total. The highest BCUT2D eigenvalue weighted by molar-refractivity contribution is 5.89. The normalized spacial score (nSPS) is 10.8. The second-order valence-corrected chi connectivity index (χ2v) is 6.68. The van der Waals surface area contributed by atoms with E-state index >= 15 is 0 Å². The number of likely N-dealkylation sites (N-methyl/N-ethyl adjacent to an activating group) is 1. The van der Waals surface area contributed by atoms with Gasteiger partial charge < -0.3 is 19.7 Å². The van der Waals surface area contributed by atoms with E-state index < -0.39 is 0 Å². The molecule has 1 aromatic heterocycles. The van der Waals surface area contributed by atoms with E-state index in [9.17, 15) is 9.59 Å². The molecule has 0 unspecified atom stereocenters. The molecule has 2 aromatic rings. The number of nitrogens with one attached hydrogen (secondary N) is 1. The number of hydrogen-bond acceptors (Lipinski definition) is 3. The van der Waals surface area contributed by atoms with Crippen LogP contribution in [0.4, 0.5) is 10.5 Å². The molecule has 0 radical (unpaired) electrons. The molecular formula is C20H28N4O2. The number of carbonyl (C=O) groups is 1. The summed E-state index contributed by atoms with van der Waals surface area (Å²) in [4.78, 5) is 28.0. The summed E-state index contributed by atoms with van der Waals surface area (Å²) in [6.07, 6.45) is 3.47. The molecule has 1 heterocycles. The van der Waals surface area contributed by atoms with Gasteiger partial charge in [0.25, 0.3) is 0 Å². The van der Waals surface area contributed by atoms with Crippen molar-refractivity contribution in [3.05, 3.63) is 64.6 Å². The highest BCUT2D eigenvalue weighted by Crippen LogP contribution is 2.07. The van der Waals surface area contributed by atoms with Gasteiger partial charge in [-0.25, -0.2) is 4.79 Å². The Balaban J connectivity index is 1.96. The van der Waals surface area contributed by atoms with Crippen LogP contribution < -0.4 is 10.9 Å². The van der Waals surface area contributed by atoms with Crippen molar-refractivity contribution in [2.75, 3.05) is 39.0 Å². The number of aryl methyl sites for hydroxylation is 2. The number of hydrogen-bond donors (Lipinski definition) is 1. The second-order valence-electron chi connectivity index (χ2n) is 6.68. The van der Waals surface area contributed by atoms with Gasteiger partial charge in [-0.15, -0.1) is 0 Å². The van der Waals surface area contributed by atoms with E-state index in [-0.39, 0.29) is 11.6 Å². The first-order valence-electron chi connectivity index (χ1n) is 8.87. The van der Waals surface area contributed by atoms with Crippen molar-refractivity contribution in [3.8, 4) is 0 Å². The van der Waals surface area contributed by atoms with E-state index in [2.05, 4.69) is 22.3 Å². The fourth-order valence-electron chi connectivity index (χ4n) is 2.62. The summed E-state index contributed by atoms with van der Waals surface area (Å²) in [5, 5.41) is 2.89. The molecule has 26 heavy (non-hydrogen) atoms. The lowest BCUT2D eigenvalue weighted by Crippen LogP contribution is -2.40. The highest BCUT2D eigenvalue weighted by atomic mass is 16.2. The van der Waals surface area contributed by atoms with Crippen LogP contribution in [0.5, 0.6) is 0 Å². The minimum atomic E-state index is -0.140. The first-order chi connectivity index (χ1) is 12.5. The van der Waals surface area contributed by atoms with Gasteiger partial charge in [0.15, 0.2) is 0 Å². The van der Waals surface area contributed by atoms with E-state index in [1.54, 1.807) is 19.3 Å². The van der Waals surface area contributed by atoms with Gasteiger partial charge in [-0.3, -0.25) is 4.79 Å². The molecule has 6 heteroatoms. The van der Waals surface area contributed by atoms with Crippen LogP contribution >= 0.6 is 0 Å². The molecule has 140 valence electrons. The van der Waals surface area contributed by atoms with Crippen LogP contribution in [0, 0.1) is 0 Å². The van der Waals surface area contributed by atoms with E-state index in [1.807, 2.05) is 37.2 Å². The van der Waals surface area contributed by atoms with E-state index in [1.165, 1.54) is 16.2 Å². The zero-order valence-electron chi connectivity index (χ0n) is 15.8. The molecule has 0 fully saturated rings. The van der Waals surface area contributed by atoms with Crippen molar-refractivity contribution < 1.29 is 4.79 Å². The third-order valence-electron chi connectivity index (χ3n) is 4.18. The maximum absolute atomic E-state index is 12.7. The molecule has 1 aromatic carbocycles. The summed E-state index contributed by atoms with van der Waals surface area (Å²) < 4.78 is 1.45. The predicted molar refractivity (Wildman–Crippen MR) is 106 cm³/mol. The van der Waals surface area contributed by atoms with Crippen molar-refractivity contribution in [2.45, 2.75) is 12.8 Å². The van der Waals surface area contributed by atoms with Crippen LogP contribution in [0.15, 0.2) is 53.5 Å². The van der Waals surface area contributed by atoms with Gasteiger partial charge in [0.05, 0.1) is 5.69 Å². The molecule has 0 saturated heterocycles. The molecule has 0 atom stereocenters. The van der Waals surface area contributed by atoms with Crippen molar-refractivity contribution in [2.24, 2.45) is 7.05 Å². The first-order valence-corrected chi connectivity index (χ1v) is 8.87. The van der Waals surface area contributed by atoms with Crippen LogP contribution in [-0.4, -0.2) is 54.1 Å².